The minimum atomic E-state index is -0.293. The van der Waals surface area contributed by atoms with Gasteiger partial charge in [-0.2, -0.15) is 0 Å². The van der Waals surface area contributed by atoms with E-state index in [1.165, 1.54) is 6.07 Å². The molecule has 5 heteroatoms. The lowest BCUT2D eigenvalue weighted by Gasteiger charge is -2.10. The molecule has 0 bridgehead atoms. The number of hydrogen-bond acceptors (Lipinski definition) is 1. The lowest BCUT2D eigenvalue weighted by molar-refractivity contribution is 0.616. The van der Waals surface area contributed by atoms with Crippen molar-refractivity contribution in [1.82, 2.24) is 9.55 Å². The van der Waals surface area contributed by atoms with Gasteiger partial charge in [0.1, 0.15) is 11.6 Å². The van der Waals surface area contributed by atoms with E-state index in [0.717, 1.165) is 16.9 Å². The highest BCUT2D eigenvalue weighted by molar-refractivity contribution is 9.10. The maximum Gasteiger partial charge on any atom is 0.148 e. The molecule has 0 fully saturated rings. The first kappa shape index (κ1) is 13.6. The summed E-state index contributed by atoms with van der Waals surface area (Å²) in [6, 6.07) is 12.7. The molecule has 2 nitrogen and oxygen atoms in total. The molecular formula is C15H11BrClFN2. The summed E-state index contributed by atoms with van der Waals surface area (Å²) < 4.78 is 16.8. The Kier molecular flexibility index (Phi) is 3.76. The van der Waals surface area contributed by atoms with Gasteiger partial charge in [0.25, 0.3) is 0 Å². The Balaban J connectivity index is 2.30. The zero-order valence-corrected chi connectivity index (χ0v) is 12.8. The van der Waals surface area contributed by atoms with Crippen LogP contribution in [0.2, 0.25) is 0 Å². The van der Waals surface area contributed by atoms with Crippen LogP contribution in [0.3, 0.4) is 0 Å². The number of aromatic nitrogens is 2. The second-order valence-corrected chi connectivity index (χ2v) is 5.68. The number of halogens is 3. The first-order valence-corrected chi connectivity index (χ1v) is 7.51. The lowest BCUT2D eigenvalue weighted by Crippen LogP contribution is -2.04. The number of rotatable bonds is 3. The number of benzene rings is 2. The number of para-hydroxylation sites is 2. The van der Waals surface area contributed by atoms with Gasteiger partial charge >= 0.3 is 0 Å². The highest BCUT2D eigenvalue weighted by Gasteiger charge is 2.14. The van der Waals surface area contributed by atoms with Crippen molar-refractivity contribution >= 4 is 38.6 Å². The van der Waals surface area contributed by atoms with Crippen LogP contribution in [0.15, 0.2) is 46.9 Å². The van der Waals surface area contributed by atoms with Gasteiger partial charge in [0.05, 0.1) is 16.7 Å². The molecular weight excluding hydrogens is 343 g/mol. The molecule has 0 unspecified atom stereocenters. The molecule has 0 saturated carbocycles. The molecule has 3 aromatic rings. The highest BCUT2D eigenvalue weighted by Crippen LogP contribution is 2.25. The van der Waals surface area contributed by atoms with Gasteiger partial charge in [-0.3, -0.25) is 4.57 Å². The molecule has 0 amide bonds. The summed E-state index contributed by atoms with van der Waals surface area (Å²) in [6.45, 7) is 0. The van der Waals surface area contributed by atoms with Crippen molar-refractivity contribution in [2.75, 3.05) is 5.88 Å². The van der Waals surface area contributed by atoms with Crippen molar-refractivity contribution in [3.63, 3.8) is 0 Å². The zero-order chi connectivity index (χ0) is 14.1. The molecule has 20 heavy (non-hydrogen) atoms. The van der Waals surface area contributed by atoms with E-state index in [0.29, 0.717) is 22.5 Å². The third-order valence-corrected chi connectivity index (χ3v) is 3.78. The van der Waals surface area contributed by atoms with Crippen molar-refractivity contribution < 1.29 is 4.39 Å². The fraction of sp³-hybridized carbons (Fsp3) is 0.133. The standard InChI is InChI=1S/C15H11BrClFN2/c16-10-5-6-13(11(18)9-10)20-14-4-2-1-3-12(14)19-15(20)7-8-17/h1-6,9H,7-8H2. The van der Waals surface area contributed by atoms with Crippen molar-refractivity contribution in [3.05, 3.63) is 58.6 Å². The second kappa shape index (κ2) is 5.54. The molecule has 1 aromatic heterocycles. The second-order valence-electron chi connectivity index (χ2n) is 4.39. The molecule has 0 aliphatic carbocycles. The molecule has 0 aliphatic rings. The quantitative estimate of drug-likeness (QED) is 0.624. The monoisotopic (exact) mass is 352 g/mol. The highest BCUT2D eigenvalue weighted by atomic mass is 79.9. The van der Waals surface area contributed by atoms with Crippen LogP contribution in [0.5, 0.6) is 0 Å². The van der Waals surface area contributed by atoms with Crippen LogP contribution < -0.4 is 0 Å². The van der Waals surface area contributed by atoms with Crippen molar-refractivity contribution in [2.24, 2.45) is 0 Å². The lowest BCUT2D eigenvalue weighted by atomic mass is 10.2. The fourth-order valence-corrected chi connectivity index (χ4v) is 2.76. The summed E-state index contributed by atoms with van der Waals surface area (Å²) in [5.74, 6) is 0.919. The molecule has 0 atom stereocenters. The third-order valence-electron chi connectivity index (χ3n) is 3.10. The van der Waals surface area contributed by atoms with Crippen LogP contribution in [-0.4, -0.2) is 15.4 Å². The molecule has 0 radical (unpaired) electrons. The van der Waals surface area contributed by atoms with Crippen LogP contribution >= 0.6 is 27.5 Å². The number of aryl methyl sites for hydroxylation is 1. The molecule has 3 rings (SSSR count). The van der Waals surface area contributed by atoms with E-state index in [4.69, 9.17) is 11.6 Å². The fourth-order valence-electron chi connectivity index (χ4n) is 2.26. The smallest absolute Gasteiger partial charge is 0.148 e. The van der Waals surface area contributed by atoms with Gasteiger partial charge in [-0.15, -0.1) is 11.6 Å². The van der Waals surface area contributed by atoms with E-state index in [2.05, 4.69) is 20.9 Å². The number of imidazole rings is 1. The van der Waals surface area contributed by atoms with Gasteiger partial charge < -0.3 is 0 Å². The van der Waals surface area contributed by atoms with E-state index in [-0.39, 0.29) is 5.82 Å². The first-order valence-electron chi connectivity index (χ1n) is 6.18. The third kappa shape index (κ3) is 2.34. The van der Waals surface area contributed by atoms with Gasteiger partial charge in [-0.1, -0.05) is 28.1 Å². The Morgan fingerprint density at radius 2 is 2.00 bits per heavy atom. The van der Waals surface area contributed by atoms with Crippen molar-refractivity contribution in [1.29, 1.82) is 0 Å². The molecule has 0 aliphatic heterocycles. The van der Waals surface area contributed by atoms with E-state index in [9.17, 15) is 4.39 Å². The van der Waals surface area contributed by atoms with Gasteiger partial charge in [0.2, 0.25) is 0 Å². The SMILES string of the molecule is Fc1cc(Br)ccc1-n1c(CCCl)nc2ccccc21. The number of nitrogens with zero attached hydrogens (tertiary/aromatic N) is 2. The van der Waals surface area contributed by atoms with Crippen molar-refractivity contribution in [3.8, 4) is 5.69 Å². The minimum absolute atomic E-state index is 0.293. The Hall–Kier alpha value is -1.39. The normalized spacial score (nSPS) is 11.2. The van der Waals surface area contributed by atoms with Gasteiger partial charge in [-0.05, 0) is 30.3 Å². The van der Waals surface area contributed by atoms with Crippen LogP contribution in [0.1, 0.15) is 5.82 Å². The van der Waals surface area contributed by atoms with Gasteiger partial charge in [0, 0.05) is 16.8 Å². The Morgan fingerprint density at radius 1 is 1.20 bits per heavy atom. The van der Waals surface area contributed by atoms with Crippen LogP contribution in [-0.2, 0) is 6.42 Å². The number of alkyl halides is 1. The van der Waals surface area contributed by atoms with E-state index >= 15 is 0 Å². The van der Waals surface area contributed by atoms with Gasteiger partial charge in [0.15, 0.2) is 0 Å². The summed E-state index contributed by atoms with van der Waals surface area (Å²) in [6.07, 6.45) is 0.589. The van der Waals surface area contributed by atoms with E-state index < -0.39 is 0 Å². The molecule has 0 saturated heterocycles. The van der Waals surface area contributed by atoms with Gasteiger partial charge in [-0.25, -0.2) is 9.37 Å². The average molecular weight is 354 g/mol. The maximum absolute atomic E-state index is 14.3. The molecule has 2 aromatic carbocycles. The summed E-state index contributed by atoms with van der Waals surface area (Å²) in [5, 5.41) is 0. The van der Waals surface area contributed by atoms with Crippen LogP contribution in [0.4, 0.5) is 4.39 Å². The number of hydrogen-bond donors (Lipinski definition) is 0. The zero-order valence-electron chi connectivity index (χ0n) is 10.5. The molecule has 0 spiro atoms. The van der Waals surface area contributed by atoms with Crippen LogP contribution in [0.25, 0.3) is 16.7 Å². The van der Waals surface area contributed by atoms with E-state index in [1.54, 1.807) is 6.07 Å². The largest absolute Gasteiger partial charge is 0.293 e. The maximum atomic E-state index is 14.3. The molecule has 102 valence electrons. The average Bonchev–Trinajstić information content (AvgIpc) is 2.78. The molecule has 0 N–H and O–H groups in total. The molecule has 1 heterocycles. The van der Waals surface area contributed by atoms with E-state index in [1.807, 2.05) is 34.9 Å². The van der Waals surface area contributed by atoms with Crippen molar-refractivity contribution in [2.45, 2.75) is 6.42 Å². The predicted molar refractivity (Wildman–Crippen MR) is 83.2 cm³/mol. The van der Waals surface area contributed by atoms with Crippen LogP contribution in [0, 0.1) is 5.82 Å². The first-order chi connectivity index (χ1) is 9.70. The Morgan fingerprint density at radius 3 is 2.75 bits per heavy atom. The number of fused-ring (bicyclic) bond motifs is 1. The summed E-state index contributed by atoms with van der Waals surface area (Å²) in [7, 11) is 0. The summed E-state index contributed by atoms with van der Waals surface area (Å²) in [5.41, 5.74) is 2.21. The Bertz CT molecular complexity index is 770. The minimum Gasteiger partial charge on any atom is -0.293 e. The summed E-state index contributed by atoms with van der Waals surface area (Å²) in [4.78, 5) is 4.54. The Labute approximate surface area is 129 Å². The predicted octanol–water partition coefficient (Wildman–Crippen LogP) is 4.71. The topological polar surface area (TPSA) is 17.8 Å². The summed E-state index contributed by atoms with van der Waals surface area (Å²) >= 11 is 9.11.